The summed E-state index contributed by atoms with van der Waals surface area (Å²) in [6.07, 6.45) is 0. The molecule has 0 atom stereocenters. The van der Waals surface area contributed by atoms with Crippen molar-refractivity contribution >= 4 is 140 Å². The van der Waals surface area contributed by atoms with Crippen LogP contribution >= 0.6 is 44.2 Å². The lowest BCUT2D eigenvalue weighted by molar-refractivity contribution is 0.162. The topological polar surface area (TPSA) is 341 Å². The lowest BCUT2D eigenvalue weighted by Crippen LogP contribution is -2.22. The van der Waals surface area contributed by atoms with Crippen molar-refractivity contribution in [2.24, 2.45) is 0 Å². The van der Waals surface area contributed by atoms with E-state index in [0.717, 1.165) is 13.2 Å². The highest BCUT2D eigenvalue weighted by Gasteiger charge is 2.42. The largest absolute Gasteiger partial charge is 0.497 e. The number of hydrogen-bond donors (Lipinski definition) is 0. The zero-order valence-corrected chi connectivity index (χ0v) is 83.8. The van der Waals surface area contributed by atoms with Gasteiger partial charge in [-0.1, -0.05) is 0 Å². The molecule has 0 unspecified atom stereocenters. The van der Waals surface area contributed by atoms with Crippen LogP contribution in [-0.4, -0.2) is 109 Å². The molecule has 0 bridgehead atoms. The van der Waals surface area contributed by atoms with Crippen molar-refractivity contribution in [1.29, 1.82) is 0 Å². The van der Waals surface area contributed by atoms with Gasteiger partial charge in [-0.2, -0.15) is 0 Å². The van der Waals surface area contributed by atoms with Gasteiger partial charge in [0.05, 0.1) is 149 Å². The molecular formula is C106H104O27P6. The minimum atomic E-state index is -4.64. The molecule has 0 aromatic heterocycles. The Morgan fingerprint density at radius 1 is 0.158 bits per heavy atom. The molecule has 33 heteroatoms. The summed E-state index contributed by atoms with van der Waals surface area (Å²) >= 11 is 0. The molecule has 720 valence electrons. The lowest BCUT2D eigenvalue weighted by atomic mass is 9.93. The van der Waals surface area contributed by atoms with E-state index in [9.17, 15) is 0 Å². The van der Waals surface area contributed by atoms with Gasteiger partial charge in [0.25, 0.3) is 0 Å². The van der Waals surface area contributed by atoms with Gasteiger partial charge in [0, 0.05) is 13.2 Å². The quantitative estimate of drug-likeness (QED) is 0.0256. The SMILES string of the molecule is CCOCC.COc1ccc(P(=O)(Oc2cc3c4cc(OP(=O)(c5ccc(OC)cc5)c5ccc(OC)cc5)c(OP(=O)(c5ccc(OC)cc5)c5ccc(OC)cc5)cc4c4cc(OP(=O)(c5ccc(OC)cc5)c5ccc(OC)cc5)c(OP(=O)(c5ccc(OC)cc5)c5ccc(OC)cc5)cc4c3cc2OP(=O)(c2ccc(OC)cc2)c2ccc(OC)cc2)c2ccc(OC)cc2)cc1.O.O. The summed E-state index contributed by atoms with van der Waals surface area (Å²) in [5.41, 5.74) is 0. The predicted octanol–water partition coefficient (Wildman–Crippen LogP) is 18.5. The highest BCUT2D eigenvalue weighted by molar-refractivity contribution is 7.76. The lowest BCUT2D eigenvalue weighted by Gasteiger charge is -2.28. The zero-order chi connectivity index (χ0) is 96.8. The first kappa shape index (κ1) is 102. The molecule has 0 aliphatic rings. The summed E-state index contributed by atoms with van der Waals surface area (Å²) < 4.78 is 223. The summed E-state index contributed by atoms with van der Waals surface area (Å²) in [4.78, 5) is 0. The standard InChI is InChI=1S/C102H90O24P6.C4H10O.2H2O/c1-109-67-13-37-79(38-14-67)127(103,80-39-15-68(110-2)16-40-80)121-97-61-91-92(62-98(97)122-128(104,81-41-17-69(111-3)18-42-81)82-43-19-70(112-4)20-44-82)94-64-100(124-130(106,85-49-25-73(115-7)26-50-85)86-51-27-74(116-8)28-52-86)102(126-132(108,89-57-33-77(119-11)34-58-89)90-59-35-78(120-12)36-60-90)66-96(94)95-65-101(125-131(107,87-53-29-75(117-9)30-54-87)88-55-31-76(118-10)32-56-88)99(63-93(91)95)123-129(105,83-45-21-71(113-5)22-46-83)84-47-23-72(114-6)24-48-84;1-3-5-4-2;;/h13-66H,1-12H3;3-4H2,1-2H3;2*1H2. The molecule has 16 rings (SSSR count). The molecule has 139 heavy (non-hydrogen) atoms. The fourth-order valence-corrected chi connectivity index (χ4v) is 27.4. The second-order valence-electron chi connectivity index (χ2n) is 30.5. The normalized spacial score (nSPS) is 11.5. The van der Waals surface area contributed by atoms with Crippen LogP contribution in [0.5, 0.6) is 103 Å². The third kappa shape index (κ3) is 21.3. The number of methoxy groups -OCH3 is 12. The van der Waals surface area contributed by atoms with Crippen molar-refractivity contribution in [2.75, 3.05) is 98.5 Å². The maximum absolute atomic E-state index is 17.5. The van der Waals surface area contributed by atoms with E-state index in [1.54, 1.807) is 328 Å². The summed E-state index contributed by atoms with van der Waals surface area (Å²) in [7, 11) is -9.83. The van der Waals surface area contributed by atoms with Crippen LogP contribution in [0.15, 0.2) is 328 Å². The Hall–Kier alpha value is -14.0. The van der Waals surface area contributed by atoms with Gasteiger partial charge in [-0.3, -0.25) is 27.4 Å². The van der Waals surface area contributed by atoms with Crippen LogP contribution in [0.1, 0.15) is 13.8 Å². The molecule has 0 aliphatic carbocycles. The van der Waals surface area contributed by atoms with E-state index in [1.807, 2.05) is 13.8 Å². The van der Waals surface area contributed by atoms with Gasteiger partial charge in [-0.25, -0.2) is 0 Å². The Labute approximate surface area is 805 Å². The predicted molar refractivity (Wildman–Crippen MR) is 549 cm³/mol. The summed E-state index contributed by atoms with van der Waals surface area (Å²) in [5.74, 6) is 3.39. The van der Waals surface area contributed by atoms with Crippen LogP contribution in [-0.2, 0) is 32.1 Å². The summed E-state index contributed by atoms with van der Waals surface area (Å²) in [6, 6.07) is 87.4. The number of hydrogen-bond acceptors (Lipinski definition) is 25. The third-order valence-electron chi connectivity index (χ3n) is 22.8. The summed E-state index contributed by atoms with van der Waals surface area (Å²) in [5, 5.41) is 3.03. The van der Waals surface area contributed by atoms with Crippen molar-refractivity contribution in [3.8, 4) is 103 Å². The number of ether oxygens (including phenoxy) is 13. The fraction of sp³-hybridized carbons (Fsp3) is 0.151. The van der Waals surface area contributed by atoms with Crippen LogP contribution in [0.2, 0.25) is 0 Å². The van der Waals surface area contributed by atoms with Gasteiger partial charge >= 0.3 is 44.2 Å². The van der Waals surface area contributed by atoms with E-state index < -0.39 is 44.2 Å². The maximum Gasteiger partial charge on any atom is 0.306 e. The van der Waals surface area contributed by atoms with Gasteiger partial charge < -0.3 is 99.7 Å². The Morgan fingerprint density at radius 3 is 0.309 bits per heavy atom. The maximum atomic E-state index is 17.5. The molecule has 0 spiro atoms. The molecule has 16 aromatic rings. The second kappa shape index (κ2) is 44.6. The van der Waals surface area contributed by atoms with Crippen molar-refractivity contribution in [2.45, 2.75) is 13.8 Å². The Morgan fingerprint density at radius 2 is 0.245 bits per heavy atom. The van der Waals surface area contributed by atoms with Gasteiger partial charge in [-0.05, 0) is 374 Å². The molecule has 4 N–H and O–H groups in total. The van der Waals surface area contributed by atoms with Crippen molar-refractivity contribution in [1.82, 2.24) is 0 Å². The van der Waals surface area contributed by atoms with Crippen LogP contribution in [0.25, 0.3) is 32.3 Å². The minimum Gasteiger partial charge on any atom is -0.497 e. The van der Waals surface area contributed by atoms with E-state index >= 15 is 27.4 Å². The highest BCUT2D eigenvalue weighted by Crippen LogP contribution is 2.61. The van der Waals surface area contributed by atoms with Crippen LogP contribution < -0.4 is 148 Å². The Bertz CT molecular complexity index is 5800. The van der Waals surface area contributed by atoms with E-state index in [-0.39, 0.29) is 141 Å². The Balaban J connectivity index is 0.00000227. The second-order valence-corrected chi connectivity index (χ2v) is 44.5. The molecular weight excluding hydrogens is 1890 g/mol. The third-order valence-corrected chi connectivity index (χ3v) is 37.3. The van der Waals surface area contributed by atoms with E-state index in [1.165, 1.54) is 85.3 Å². The molecule has 0 amide bonds. The molecule has 16 aromatic carbocycles. The van der Waals surface area contributed by atoms with E-state index in [2.05, 4.69) is 0 Å². The molecule has 0 heterocycles. The van der Waals surface area contributed by atoms with Crippen LogP contribution in [0.4, 0.5) is 0 Å². The highest BCUT2D eigenvalue weighted by atomic mass is 31.2. The minimum absolute atomic E-state index is 0. The van der Waals surface area contributed by atoms with Gasteiger partial charge in [-0.15, -0.1) is 0 Å². The molecule has 0 aliphatic heterocycles. The van der Waals surface area contributed by atoms with Crippen LogP contribution in [0.3, 0.4) is 0 Å². The first-order valence-corrected chi connectivity index (χ1v) is 52.8. The van der Waals surface area contributed by atoms with Crippen molar-refractivity contribution in [3.63, 3.8) is 0 Å². The molecule has 0 saturated carbocycles. The first-order chi connectivity index (χ1) is 66.3. The van der Waals surface area contributed by atoms with Gasteiger partial charge in [0.2, 0.25) is 0 Å². The average molecular weight is 2000 g/mol. The van der Waals surface area contributed by atoms with Gasteiger partial charge in [0.1, 0.15) is 69.0 Å². The number of fused-ring (bicyclic) bond motifs is 6. The van der Waals surface area contributed by atoms with Crippen LogP contribution in [0, 0.1) is 0 Å². The van der Waals surface area contributed by atoms with E-state index in [4.69, 9.17) is 88.7 Å². The summed E-state index contributed by atoms with van der Waals surface area (Å²) in [6.45, 7) is 5.67. The zero-order valence-electron chi connectivity index (χ0n) is 78.5. The van der Waals surface area contributed by atoms with Gasteiger partial charge in [0.15, 0.2) is 34.5 Å². The average Bonchev–Trinajstić information content (AvgIpc) is 0.710. The monoisotopic (exact) mass is 1990 g/mol. The molecule has 0 saturated heterocycles. The molecule has 0 fully saturated rings. The smallest absolute Gasteiger partial charge is 0.306 e. The van der Waals surface area contributed by atoms with Crippen molar-refractivity contribution in [3.05, 3.63) is 328 Å². The number of rotatable bonds is 38. The Kier molecular flexibility index (Phi) is 32.9. The molecule has 0 radical (unpaired) electrons. The first-order valence-electron chi connectivity index (χ1n) is 43.0. The van der Waals surface area contributed by atoms with Crippen molar-refractivity contribution < 1.29 is 127 Å². The molecule has 27 nitrogen and oxygen atoms in total. The number of benzene rings is 16. The fourth-order valence-electron chi connectivity index (χ4n) is 15.3. The van der Waals surface area contributed by atoms with E-state index in [0.29, 0.717) is 69.0 Å².